The van der Waals surface area contributed by atoms with E-state index in [-0.39, 0.29) is 36.6 Å². The molecule has 9 heteroatoms. The van der Waals surface area contributed by atoms with E-state index in [0.29, 0.717) is 0 Å². The molecule has 0 radical (unpaired) electrons. The van der Waals surface area contributed by atoms with Crippen molar-refractivity contribution in [2.45, 2.75) is 38.0 Å². The fourth-order valence-corrected chi connectivity index (χ4v) is 1.58. The second-order valence-electron chi connectivity index (χ2n) is 4.12. The lowest BCUT2D eigenvalue weighted by molar-refractivity contribution is -0.205. The van der Waals surface area contributed by atoms with Crippen LogP contribution in [0.15, 0.2) is 4.79 Å². The van der Waals surface area contributed by atoms with Gasteiger partial charge in [-0.1, -0.05) is 6.42 Å². The number of nitrogens with one attached hydrogen (secondary N) is 1. The second kappa shape index (κ2) is 5.91. The number of rotatable bonds is 5. The van der Waals surface area contributed by atoms with Crippen molar-refractivity contribution in [3.63, 3.8) is 0 Å². The van der Waals surface area contributed by atoms with Gasteiger partial charge < -0.3 is 16.6 Å². The number of aromatic amines is 1. The van der Waals surface area contributed by atoms with Gasteiger partial charge in [-0.15, -0.1) is 0 Å². The van der Waals surface area contributed by atoms with Gasteiger partial charge >= 0.3 is 6.18 Å². The smallest absolute Gasteiger partial charge is 0.384 e. The molecule has 1 aromatic rings. The van der Waals surface area contributed by atoms with Gasteiger partial charge in [0, 0.05) is 0 Å². The van der Waals surface area contributed by atoms with Gasteiger partial charge in [0.05, 0.1) is 5.56 Å². The first kappa shape index (κ1) is 15.3. The molecule has 0 aliphatic carbocycles. The molecule has 0 fully saturated rings. The Balaban J connectivity index is 2.49. The molecule has 0 aromatic carbocycles. The Kier molecular flexibility index (Phi) is 4.76. The molecule has 6 N–H and O–H groups in total. The summed E-state index contributed by atoms with van der Waals surface area (Å²) in [6, 6.07) is 0. The molecule has 0 bridgehead atoms. The Hall–Kier alpha value is -1.77. The van der Waals surface area contributed by atoms with Crippen LogP contribution < -0.4 is 17.0 Å². The van der Waals surface area contributed by atoms with Gasteiger partial charge in [-0.25, -0.2) is 0 Å². The fraction of sp³-hybridized carbons (Fsp3) is 0.600. The van der Waals surface area contributed by atoms with Crippen LogP contribution in [-0.2, 0) is 6.42 Å². The lowest BCUT2D eigenvalue weighted by Gasteiger charge is -2.13. The summed E-state index contributed by atoms with van der Waals surface area (Å²) in [4.78, 5) is 17.4. The highest BCUT2D eigenvalue weighted by Gasteiger charge is 2.37. The number of anilines is 2. The number of H-pyrrole nitrogens is 1. The van der Waals surface area contributed by atoms with Crippen molar-refractivity contribution < 1.29 is 18.3 Å². The lowest BCUT2D eigenvalue weighted by Crippen LogP contribution is -2.28. The van der Waals surface area contributed by atoms with Crippen molar-refractivity contribution in [3.05, 3.63) is 15.9 Å². The van der Waals surface area contributed by atoms with Crippen molar-refractivity contribution in [2.75, 3.05) is 11.5 Å². The quantitative estimate of drug-likeness (QED) is 0.588. The molecule has 1 atom stereocenters. The molecule has 108 valence electrons. The van der Waals surface area contributed by atoms with E-state index < -0.39 is 24.3 Å². The van der Waals surface area contributed by atoms with Gasteiger partial charge in [0.1, 0.15) is 11.9 Å². The lowest BCUT2D eigenvalue weighted by atomic mass is 10.1. The monoisotopic (exact) mass is 280 g/mol. The standard InChI is InChI=1S/C10H15F3N4O2/c11-10(12,13)6(18)4-2-1-3-5-7(14)16-9(15)17-8(5)19/h6,18H,1-4H2,(H5,14,15,16,17,19). The summed E-state index contributed by atoms with van der Waals surface area (Å²) in [6.45, 7) is 0. The van der Waals surface area contributed by atoms with Crippen LogP contribution in [0.25, 0.3) is 0 Å². The number of nitrogen functional groups attached to an aromatic ring is 2. The average molecular weight is 280 g/mol. The molecule has 1 aromatic heterocycles. The number of alkyl halides is 3. The summed E-state index contributed by atoms with van der Waals surface area (Å²) in [5, 5.41) is 8.78. The van der Waals surface area contributed by atoms with Crippen LogP contribution in [0.4, 0.5) is 24.9 Å². The van der Waals surface area contributed by atoms with Crippen molar-refractivity contribution in [1.82, 2.24) is 9.97 Å². The molecule has 0 spiro atoms. The molecule has 6 nitrogen and oxygen atoms in total. The van der Waals surface area contributed by atoms with E-state index in [1.54, 1.807) is 0 Å². The first-order valence-electron chi connectivity index (χ1n) is 5.60. The number of unbranched alkanes of at least 4 members (excludes halogenated alkanes) is 1. The third-order valence-electron chi connectivity index (χ3n) is 2.60. The van der Waals surface area contributed by atoms with Crippen LogP contribution in [0.2, 0.25) is 0 Å². The van der Waals surface area contributed by atoms with Gasteiger partial charge in [0.2, 0.25) is 5.95 Å². The van der Waals surface area contributed by atoms with E-state index in [1.807, 2.05) is 0 Å². The van der Waals surface area contributed by atoms with Crippen LogP contribution in [0.5, 0.6) is 0 Å². The third-order valence-corrected chi connectivity index (χ3v) is 2.60. The Morgan fingerprint density at radius 2 is 1.95 bits per heavy atom. The Bertz CT molecular complexity index is 487. The molecular formula is C10H15F3N4O2. The largest absolute Gasteiger partial charge is 0.414 e. The number of hydrogen-bond acceptors (Lipinski definition) is 5. The van der Waals surface area contributed by atoms with Crippen LogP contribution >= 0.6 is 0 Å². The highest BCUT2D eigenvalue weighted by Crippen LogP contribution is 2.23. The van der Waals surface area contributed by atoms with E-state index in [9.17, 15) is 18.0 Å². The number of hydrogen-bond donors (Lipinski definition) is 4. The van der Waals surface area contributed by atoms with Crippen molar-refractivity contribution in [1.29, 1.82) is 0 Å². The molecule has 0 saturated carbocycles. The number of aliphatic hydroxyl groups excluding tert-OH is 1. The molecule has 19 heavy (non-hydrogen) atoms. The predicted octanol–water partition coefficient (Wildman–Crippen LogP) is 0.570. The minimum absolute atomic E-state index is 0.0300. The SMILES string of the molecule is Nc1nc(N)c(CCCCC(O)C(F)(F)F)c(=O)[nH]1. The van der Waals surface area contributed by atoms with Crippen molar-refractivity contribution in [3.8, 4) is 0 Å². The van der Waals surface area contributed by atoms with Crippen molar-refractivity contribution >= 4 is 11.8 Å². The minimum Gasteiger partial charge on any atom is -0.384 e. The van der Waals surface area contributed by atoms with Gasteiger partial charge in [-0.05, 0) is 19.3 Å². The first-order valence-corrected chi connectivity index (χ1v) is 5.60. The molecule has 1 rings (SSSR count). The summed E-state index contributed by atoms with van der Waals surface area (Å²) in [7, 11) is 0. The molecule has 0 aliphatic rings. The van der Waals surface area contributed by atoms with Gasteiger partial charge in [0.25, 0.3) is 5.56 Å². The maximum absolute atomic E-state index is 12.0. The average Bonchev–Trinajstić information content (AvgIpc) is 2.24. The van der Waals surface area contributed by atoms with Gasteiger partial charge in [-0.3, -0.25) is 9.78 Å². The molecular weight excluding hydrogens is 265 g/mol. The van der Waals surface area contributed by atoms with E-state index in [2.05, 4.69) is 9.97 Å². The number of aliphatic hydroxyl groups is 1. The number of nitrogens with zero attached hydrogens (tertiary/aromatic N) is 1. The Morgan fingerprint density at radius 3 is 2.47 bits per heavy atom. The first-order chi connectivity index (χ1) is 8.71. The zero-order valence-corrected chi connectivity index (χ0v) is 10.00. The molecule has 0 saturated heterocycles. The predicted molar refractivity (Wildman–Crippen MR) is 63.3 cm³/mol. The summed E-state index contributed by atoms with van der Waals surface area (Å²) in [5.41, 5.74) is 10.5. The molecule has 0 aliphatic heterocycles. The summed E-state index contributed by atoms with van der Waals surface area (Å²) >= 11 is 0. The summed E-state index contributed by atoms with van der Waals surface area (Å²) < 4.78 is 36.1. The number of halogens is 3. The van der Waals surface area contributed by atoms with E-state index in [0.717, 1.165) is 0 Å². The van der Waals surface area contributed by atoms with Crippen LogP contribution in [0.3, 0.4) is 0 Å². The van der Waals surface area contributed by atoms with Crippen molar-refractivity contribution in [2.24, 2.45) is 0 Å². The Morgan fingerprint density at radius 1 is 1.32 bits per heavy atom. The van der Waals surface area contributed by atoms with E-state index in [4.69, 9.17) is 16.6 Å². The number of aromatic nitrogens is 2. The summed E-state index contributed by atoms with van der Waals surface area (Å²) in [5.74, 6) is -0.142. The molecule has 1 unspecified atom stereocenters. The zero-order chi connectivity index (χ0) is 14.6. The zero-order valence-electron chi connectivity index (χ0n) is 10.00. The normalized spacial score (nSPS) is 13.5. The van der Waals surface area contributed by atoms with Gasteiger partial charge in [0.15, 0.2) is 0 Å². The topological polar surface area (TPSA) is 118 Å². The van der Waals surface area contributed by atoms with E-state index >= 15 is 0 Å². The molecule has 0 amide bonds. The second-order valence-corrected chi connectivity index (χ2v) is 4.12. The van der Waals surface area contributed by atoms with Gasteiger partial charge in [-0.2, -0.15) is 18.2 Å². The van der Waals surface area contributed by atoms with Crippen LogP contribution in [-0.4, -0.2) is 27.4 Å². The number of nitrogens with two attached hydrogens (primary N) is 2. The maximum Gasteiger partial charge on any atom is 0.414 e. The summed E-state index contributed by atoms with van der Waals surface area (Å²) in [6.07, 6.45) is -6.79. The minimum atomic E-state index is -4.61. The highest BCUT2D eigenvalue weighted by atomic mass is 19.4. The highest BCUT2D eigenvalue weighted by molar-refractivity contribution is 5.41. The van der Waals surface area contributed by atoms with E-state index in [1.165, 1.54) is 0 Å². The Labute approximate surface area is 106 Å². The van der Waals surface area contributed by atoms with Crippen LogP contribution in [0, 0.1) is 0 Å². The third kappa shape index (κ3) is 4.43. The maximum atomic E-state index is 12.0. The van der Waals surface area contributed by atoms with Crippen LogP contribution in [0.1, 0.15) is 24.8 Å². The molecule has 1 heterocycles. The fourth-order valence-electron chi connectivity index (χ4n) is 1.58.